The van der Waals surface area contributed by atoms with Gasteiger partial charge in [-0.3, -0.25) is 0 Å². The van der Waals surface area contributed by atoms with E-state index in [9.17, 15) is 0 Å². The molecule has 0 fully saturated rings. The van der Waals surface area contributed by atoms with Crippen LogP contribution in [0.1, 0.15) is 18.9 Å². The van der Waals surface area contributed by atoms with E-state index in [1.807, 2.05) is 30.0 Å². The minimum atomic E-state index is 0.387. The largest absolute Gasteiger partial charge is 0.389 e. The first-order chi connectivity index (χ1) is 8.51. The summed E-state index contributed by atoms with van der Waals surface area (Å²) in [5.74, 6) is 1.08. The summed E-state index contributed by atoms with van der Waals surface area (Å²) in [6.45, 7) is 2.19. The summed E-state index contributed by atoms with van der Waals surface area (Å²) in [4.78, 5) is 2.62. The number of benzene rings is 1. The van der Waals surface area contributed by atoms with Gasteiger partial charge in [0.25, 0.3) is 0 Å². The Morgan fingerprint density at radius 3 is 2.72 bits per heavy atom. The van der Waals surface area contributed by atoms with Gasteiger partial charge in [0.2, 0.25) is 0 Å². The number of halogens is 1. The first-order valence-corrected chi connectivity index (χ1v) is 8.00. The third kappa shape index (κ3) is 3.77. The van der Waals surface area contributed by atoms with E-state index in [-0.39, 0.29) is 0 Å². The molecule has 2 nitrogen and oxygen atoms in total. The van der Waals surface area contributed by atoms with Crippen LogP contribution in [0.2, 0.25) is 5.02 Å². The van der Waals surface area contributed by atoms with Crippen molar-refractivity contribution < 1.29 is 0 Å². The van der Waals surface area contributed by atoms with E-state index >= 15 is 0 Å². The summed E-state index contributed by atoms with van der Waals surface area (Å²) in [6.07, 6.45) is 3.20. The fourth-order valence-corrected chi connectivity index (χ4v) is 3.09. The normalized spacial score (nSPS) is 12.2. The Kier molecular flexibility index (Phi) is 6.26. The molecule has 5 heteroatoms. The molecule has 0 aliphatic carbocycles. The monoisotopic (exact) mass is 302 g/mol. The molecule has 0 saturated carbocycles. The predicted molar refractivity (Wildman–Crippen MR) is 88.2 cm³/mol. The van der Waals surface area contributed by atoms with Crippen molar-refractivity contribution in [3.63, 3.8) is 0 Å². The summed E-state index contributed by atoms with van der Waals surface area (Å²) in [7, 11) is 2.08. The highest BCUT2D eigenvalue weighted by Crippen LogP contribution is 2.26. The molecule has 2 N–H and O–H groups in total. The molecule has 0 aliphatic heterocycles. The van der Waals surface area contributed by atoms with Crippen molar-refractivity contribution in [1.82, 2.24) is 0 Å². The summed E-state index contributed by atoms with van der Waals surface area (Å²) < 4.78 is 0. The summed E-state index contributed by atoms with van der Waals surface area (Å²) in [5.41, 5.74) is 7.67. The second-order valence-corrected chi connectivity index (χ2v) is 5.94. The Bertz CT molecular complexity index is 423. The van der Waals surface area contributed by atoms with Crippen LogP contribution in [0.5, 0.6) is 0 Å². The van der Waals surface area contributed by atoms with Gasteiger partial charge < -0.3 is 10.6 Å². The van der Waals surface area contributed by atoms with Crippen LogP contribution in [0.25, 0.3) is 0 Å². The van der Waals surface area contributed by atoms with Gasteiger partial charge in [0, 0.05) is 35.1 Å². The van der Waals surface area contributed by atoms with Gasteiger partial charge in [-0.15, -0.1) is 0 Å². The standard InChI is InChI=1S/C13H19ClN2S2/c1-4-10(8-18-3)16(2)12-6-5-9(14)7-11(12)13(15)17/h5-7,10H,4,8H2,1-3H3,(H2,15,17). The Hall–Kier alpha value is -0.450. The first kappa shape index (κ1) is 15.6. The topological polar surface area (TPSA) is 29.3 Å². The molecule has 0 radical (unpaired) electrons. The highest BCUT2D eigenvalue weighted by Gasteiger charge is 2.17. The molecule has 0 bridgehead atoms. The van der Waals surface area contributed by atoms with Crippen molar-refractivity contribution in [3.05, 3.63) is 28.8 Å². The minimum Gasteiger partial charge on any atom is -0.389 e. The molecular formula is C13H19ClN2S2. The van der Waals surface area contributed by atoms with E-state index in [2.05, 4.69) is 25.1 Å². The Morgan fingerprint density at radius 2 is 2.22 bits per heavy atom. The molecule has 0 aliphatic rings. The second-order valence-electron chi connectivity index (χ2n) is 4.15. The summed E-state index contributed by atoms with van der Waals surface area (Å²) >= 11 is 12.9. The minimum absolute atomic E-state index is 0.387. The predicted octanol–water partition coefficient (Wildman–Crippen LogP) is 3.55. The van der Waals surface area contributed by atoms with Crippen molar-refractivity contribution >= 4 is 46.3 Å². The zero-order chi connectivity index (χ0) is 13.7. The van der Waals surface area contributed by atoms with Crippen molar-refractivity contribution in [2.75, 3.05) is 24.0 Å². The molecule has 1 rings (SSSR count). The van der Waals surface area contributed by atoms with Gasteiger partial charge in [0.1, 0.15) is 4.99 Å². The molecule has 1 atom stereocenters. The molecule has 0 amide bonds. The van der Waals surface area contributed by atoms with Gasteiger partial charge in [-0.25, -0.2) is 0 Å². The number of nitrogens with zero attached hydrogens (tertiary/aromatic N) is 1. The number of hydrogen-bond donors (Lipinski definition) is 1. The van der Waals surface area contributed by atoms with Gasteiger partial charge in [0.15, 0.2) is 0 Å². The zero-order valence-electron chi connectivity index (χ0n) is 10.9. The fraction of sp³-hybridized carbons (Fsp3) is 0.462. The number of nitrogens with two attached hydrogens (primary N) is 1. The molecule has 0 heterocycles. The molecule has 0 spiro atoms. The third-order valence-corrected chi connectivity index (χ3v) is 4.16. The van der Waals surface area contributed by atoms with Crippen LogP contribution < -0.4 is 10.6 Å². The van der Waals surface area contributed by atoms with E-state index < -0.39 is 0 Å². The van der Waals surface area contributed by atoms with Crippen molar-refractivity contribution in [2.24, 2.45) is 5.73 Å². The lowest BCUT2D eigenvalue weighted by Gasteiger charge is -2.30. The van der Waals surface area contributed by atoms with Crippen LogP contribution in [0.4, 0.5) is 5.69 Å². The highest BCUT2D eigenvalue weighted by atomic mass is 35.5. The SMILES string of the molecule is CCC(CSC)N(C)c1ccc(Cl)cc1C(N)=S. The molecular weight excluding hydrogens is 284 g/mol. The van der Waals surface area contributed by atoms with Gasteiger partial charge in [0.05, 0.1) is 0 Å². The summed E-state index contributed by atoms with van der Waals surface area (Å²) in [6, 6.07) is 6.16. The number of rotatable bonds is 6. The molecule has 1 unspecified atom stereocenters. The molecule has 0 aromatic heterocycles. The van der Waals surface area contributed by atoms with Crippen LogP contribution in [0, 0.1) is 0 Å². The molecule has 1 aromatic carbocycles. The average Bonchev–Trinajstić information content (AvgIpc) is 2.35. The zero-order valence-corrected chi connectivity index (χ0v) is 13.3. The molecule has 18 heavy (non-hydrogen) atoms. The number of anilines is 1. The quantitative estimate of drug-likeness (QED) is 0.814. The van der Waals surface area contributed by atoms with Crippen molar-refractivity contribution in [1.29, 1.82) is 0 Å². The van der Waals surface area contributed by atoms with Crippen molar-refractivity contribution in [3.8, 4) is 0 Å². The smallest absolute Gasteiger partial charge is 0.106 e. The molecule has 0 saturated heterocycles. The van der Waals surface area contributed by atoms with Crippen LogP contribution in [-0.4, -0.2) is 30.1 Å². The maximum Gasteiger partial charge on any atom is 0.106 e. The van der Waals surface area contributed by atoms with E-state index in [0.29, 0.717) is 16.1 Å². The second kappa shape index (κ2) is 7.22. The van der Waals surface area contributed by atoms with Crippen LogP contribution in [0.15, 0.2) is 18.2 Å². The van der Waals surface area contributed by atoms with Gasteiger partial charge in [-0.1, -0.05) is 30.7 Å². The highest BCUT2D eigenvalue weighted by molar-refractivity contribution is 7.98. The lowest BCUT2D eigenvalue weighted by molar-refractivity contribution is 0.673. The van der Waals surface area contributed by atoms with E-state index in [0.717, 1.165) is 23.4 Å². The van der Waals surface area contributed by atoms with Crippen molar-refractivity contribution in [2.45, 2.75) is 19.4 Å². The lowest BCUT2D eigenvalue weighted by atomic mass is 10.1. The Labute approximate surface area is 124 Å². The maximum atomic E-state index is 6.00. The summed E-state index contributed by atoms with van der Waals surface area (Å²) in [5, 5.41) is 0.660. The number of thioether (sulfide) groups is 1. The van der Waals surface area contributed by atoms with E-state index in [1.165, 1.54) is 0 Å². The van der Waals surface area contributed by atoms with E-state index in [1.54, 1.807) is 0 Å². The molecule has 100 valence electrons. The maximum absolute atomic E-state index is 6.00. The number of hydrogen-bond acceptors (Lipinski definition) is 3. The first-order valence-electron chi connectivity index (χ1n) is 5.82. The average molecular weight is 303 g/mol. The van der Waals surface area contributed by atoms with Crippen LogP contribution in [0.3, 0.4) is 0 Å². The molecule has 1 aromatic rings. The fourth-order valence-electron chi connectivity index (χ4n) is 1.91. The van der Waals surface area contributed by atoms with Gasteiger partial charge in [-0.05, 0) is 30.9 Å². The number of thiocarbonyl (C=S) groups is 1. The Morgan fingerprint density at radius 1 is 1.56 bits per heavy atom. The van der Waals surface area contributed by atoms with Crippen LogP contribution in [-0.2, 0) is 0 Å². The van der Waals surface area contributed by atoms with Crippen LogP contribution >= 0.6 is 35.6 Å². The van der Waals surface area contributed by atoms with Gasteiger partial charge >= 0.3 is 0 Å². The third-order valence-electron chi connectivity index (χ3n) is 2.98. The Balaban J connectivity index is 3.11. The van der Waals surface area contributed by atoms with E-state index in [4.69, 9.17) is 29.6 Å². The van der Waals surface area contributed by atoms with Gasteiger partial charge in [-0.2, -0.15) is 11.8 Å². The lowest BCUT2D eigenvalue weighted by Crippen LogP contribution is -2.34.